The second kappa shape index (κ2) is 7.57. The smallest absolute Gasteiger partial charge is 0.0991 e. The third-order valence-electron chi connectivity index (χ3n) is 4.30. The van der Waals surface area contributed by atoms with E-state index in [2.05, 4.69) is 23.8 Å². The van der Waals surface area contributed by atoms with Gasteiger partial charge in [0.1, 0.15) is 0 Å². The molecule has 0 heterocycles. The van der Waals surface area contributed by atoms with Crippen LogP contribution < -0.4 is 5.73 Å². The Labute approximate surface area is 148 Å². The van der Waals surface area contributed by atoms with Crippen molar-refractivity contribution < 1.29 is 0 Å². The highest BCUT2D eigenvalue weighted by atomic mass is 14.8. The van der Waals surface area contributed by atoms with Crippen LogP contribution in [0.25, 0.3) is 11.1 Å². The molecular weight excluding hydrogens is 306 g/mol. The number of rotatable bonds is 5. The lowest BCUT2D eigenvalue weighted by Gasteiger charge is -2.21. The number of nitrogens with two attached hydrogens (primary N) is 1. The van der Waals surface area contributed by atoms with Gasteiger partial charge in [-0.25, -0.2) is 0 Å². The molecule has 0 aliphatic rings. The zero-order valence-corrected chi connectivity index (χ0v) is 13.8. The van der Waals surface area contributed by atoms with E-state index in [-0.39, 0.29) is 12.1 Å². The summed E-state index contributed by atoms with van der Waals surface area (Å²) < 4.78 is 0. The Bertz CT molecular complexity index is 893. The van der Waals surface area contributed by atoms with Crippen molar-refractivity contribution in [3.63, 3.8) is 0 Å². The first kappa shape index (κ1) is 16.6. The van der Waals surface area contributed by atoms with E-state index >= 15 is 0 Å². The van der Waals surface area contributed by atoms with Crippen molar-refractivity contribution in [2.45, 2.75) is 12.1 Å². The van der Waals surface area contributed by atoms with Gasteiger partial charge in [0.15, 0.2) is 0 Å². The average Bonchev–Trinajstić information content (AvgIpc) is 2.69. The first-order chi connectivity index (χ1) is 12.2. The van der Waals surface area contributed by atoms with Gasteiger partial charge in [0, 0.05) is 0 Å². The minimum absolute atomic E-state index is 0.222. The lowest BCUT2D eigenvalue weighted by atomic mass is 9.92. The van der Waals surface area contributed by atoms with E-state index in [1.54, 1.807) is 0 Å². The summed E-state index contributed by atoms with van der Waals surface area (Å²) >= 11 is 0. The van der Waals surface area contributed by atoms with Crippen LogP contribution >= 0.6 is 0 Å². The van der Waals surface area contributed by atoms with Gasteiger partial charge in [-0.2, -0.15) is 5.26 Å². The van der Waals surface area contributed by atoms with E-state index in [4.69, 9.17) is 11.0 Å². The van der Waals surface area contributed by atoms with Crippen LogP contribution in [0.15, 0.2) is 83.9 Å². The van der Waals surface area contributed by atoms with E-state index in [0.717, 1.165) is 22.3 Å². The molecule has 122 valence electrons. The monoisotopic (exact) mass is 325 g/mol. The predicted octanol–water partition coefficient (Wildman–Crippen LogP) is 4.67. The highest BCUT2D eigenvalue weighted by Crippen LogP contribution is 2.32. The van der Waals surface area contributed by atoms with Crippen molar-refractivity contribution in [3.05, 3.63) is 95.6 Å². The highest BCUT2D eigenvalue weighted by molar-refractivity contribution is 5.65. The van der Waals surface area contributed by atoms with Crippen molar-refractivity contribution >= 4 is 6.72 Å². The number of nitrogens with zero attached hydrogens (tertiary/aromatic N) is 2. The Morgan fingerprint density at radius 3 is 2.16 bits per heavy atom. The molecule has 3 aromatic carbocycles. The Morgan fingerprint density at radius 1 is 0.840 bits per heavy atom. The molecule has 0 aliphatic heterocycles. The van der Waals surface area contributed by atoms with Crippen molar-refractivity contribution in [1.29, 1.82) is 5.26 Å². The number of aliphatic imine (C=N–C) groups is 1. The molecule has 1 unspecified atom stereocenters. The van der Waals surface area contributed by atoms with Crippen LogP contribution in [-0.4, -0.2) is 6.72 Å². The molecule has 0 fully saturated rings. The Balaban J connectivity index is 1.93. The van der Waals surface area contributed by atoms with Gasteiger partial charge in [0.2, 0.25) is 0 Å². The van der Waals surface area contributed by atoms with Gasteiger partial charge in [0.05, 0.1) is 23.7 Å². The molecule has 3 aromatic rings. The molecule has 3 rings (SSSR count). The highest BCUT2D eigenvalue weighted by Gasteiger charge is 2.20. The summed E-state index contributed by atoms with van der Waals surface area (Å²) in [5, 5.41) is 8.93. The second-order valence-corrected chi connectivity index (χ2v) is 5.88. The molecule has 0 spiro atoms. The zero-order chi connectivity index (χ0) is 17.6. The molecule has 0 aliphatic carbocycles. The third-order valence-corrected chi connectivity index (χ3v) is 4.30. The van der Waals surface area contributed by atoms with Crippen molar-refractivity contribution in [3.8, 4) is 17.2 Å². The van der Waals surface area contributed by atoms with Gasteiger partial charge in [-0.3, -0.25) is 4.99 Å². The van der Waals surface area contributed by atoms with Crippen molar-refractivity contribution in [2.75, 3.05) is 0 Å². The van der Waals surface area contributed by atoms with Crippen LogP contribution in [0.3, 0.4) is 0 Å². The standard InChI is InChI=1S/C22H19N3/c1-25-22(21(24)18-6-3-2-4-7-18)20-9-5-8-19(14-20)17-12-10-16(15-23)11-13-17/h2-14,21-22H,1,24H2/t21?,22-/m1/s1. The fourth-order valence-corrected chi connectivity index (χ4v) is 2.92. The topological polar surface area (TPSA) is 62.2 Å². The van der Waals surface area contributed by atoms with E-state index in [1.807, 2.05) is 72.8 Å². The maximum Gasteiger partial charge on any atom is 0.0991 e. The summed E-state index contributed by atoms with van der Waals surface area (Å²) in [6, 6.07) is 27.3. The molecular formula is C22H19N3. The van der Waals surface area contributed by atoms with Crippen LogP contribution in [0.2, 0.25) is 0 Å². The summed E-state index contributed by atoms with van der Waals surface area (Å²) in [5.41, 5.74) is 11.3. The van der Waals surface area contributed by atoms with Crippen LogP contribution in [0.1, 0.15) is 28.8 Å². The average molecular weight is 325 g/mol. The summed E-state index contributed by atoms with van der Waals surface area (Å²) in [5.74, 6) is 0. The van der Waals surface area contributed by atoms with Gasteiger partial charge in [-0.15, -0.1) is 0 Å². The normalized spacial score (nSPS) is 12.8. The molecule has 0 amide bonds. The number of benzene rings is 3. The third kappa shape index (κ3) is 3.65. The van der Waals surface area contributed by atoms with Crippen LogP contribution in [0, 0.1) is 11.3 Å². The molecule has 0 saturated carbocycles. The van der Waals surface area contributed by atoms with E-state index in [1.165, 1.54) is 0 Å². The lowest BCUT2D eigenvalue weighted by Crippen LogP contribution is -2.18. The quantitative estimate of drug-likeness (QED) is 0.693. The van der Waals surface area contributed by atoms with Gasteiger partial charge in [-0.05, 0) is 47.2 Å². The van der Waals surface area contributed by atoms with E-state index in [9.17, 15) is 0 Å². The number of hydrogen-bond acceptors (Lipinski definition) is 3. The summed E-state index contributed by atoms with van der Waals surface area (Å²) in [7, 11) is 0. The first-order valence-electron chi connectivity index (χ1n) is 8.10. The van der Waals surface area contributed by atoms with Crippen molar-refractivity contribution in [1.82, 2.24) is 0 Å². The molecule has 0 radical (unpaired) electrons. The fraction of sp³-hybridized carbons (Fsp3) is 0.0909. The Hall–Kier alpha value is -3.22. The van der Waals surface area contributed by atoms with Crippen LogP contribution in [-0.2, 0) is 0 Å². The van der Waals surface area contributed by atoms with E-state index in [0.29, 0.717) is 5.56 Å². The van der Waals surface area contributed by atoms with Gasteiger partial charge < -0.3 is 5.73 Å². The fourth-order valence-electron chi connectivity index (χ4n) is 2.92. The maximum absolute atomic E-state index is 8.93. The van der Waals surface area contributed by atoms with E-state index < -0.39 is 0 Å². The minimum atomic E-state index is -0.255. The molecule has 2 N–H and O–H groups in total. The second-order valence-electron chi connectivity index (χ2n) is 5.88. The molecule has 0 bridgehead atoms. The maximum atomic E-state index is 8.93. The molecule has 3 heteroatoms. The summed E-state index contributed by atoms with van der Waals surface area (Å²) in [6.07, 6.45) is 0. The van der Waals surface area contributed by atoms with Crippen LogP contribution in [0.4, 0.5) is 0 Å². The van der Waals surface area contributed by atoms with Gasteiger partial charge in [-0.1, -0.05) is 60.7 Å². The lowest BCUT2D eigenvalue weighted by molar-refractivity contribution is 0.580. The van der Waals surface area contributed by atoms with Gasteiger partial charge >= 0.3 is 0 Å². The molecule has 2 atom stereocenters. The zero-order valence-electron chi connectivity index (χ0n) is 13.8. The minimum Gasteiger partial charge on any atom is -0.322 e. The summed E-state index contributed by atoms with van der Waals surface area (Å²) in [4.78, 5) is 4.28. The van der Waals surface area contributed by atoms with Crippen LogP contribution in [0.5, 0.6) is 0 Å². The number of nitriles is 1. The van der Waals surface area contributed by atoms with Crippen molar-refractivity contribution in [2.24, 2.45) is 10.7 Å². The van der Waals surface area contributed by atoms with Gasteiger partial charge in [0.25, 0.3) is 0 Å². The Kier molecular flexibility index (Phi) is 5.03. The molecule has 0 aromatic heterocycles. The summed E-state index contributed by atoms with van der Waals surface area (Å²) in [6.45, 7) is 3.74. The predicted molar refractivity (Wildman–Crippen MR) is 102 cm³/mol. The SMILES string of the molecule is C=N[C@H](c1cccc(-c2ccc(C#N)cc2)c1)C(N)c1ccccc1. The molecule has 3 nitrogen and oxygen atoms in total. The molecule has 0 saturated heterocycles. The Morgan fingerprint density at radius 2 is 1.52 bits per heavy atom. The number of hydrogen-bond donors (Lipinski definition) is 1. The first-order valence-corrected chi connectivity index (χ1v) is 8.10. The molecule has 25 heavy (non-hydrogen) atoms. The largest absolute Gasteiger partial charge is 0.322 e.